The van der Waals surface area contributed by atoms with Gasteiger partial charge in [0, 0.05) is 11.6 Å². The molecule has 3 aromatic rings. The average molecular weight is 333 g/mol. The predicted molar refractivity (Wildman–Crippen MR) is 97.0 cm³/mol. The maximum atomic E-state index is 12.4. The second-order valence-electron chi connectivity index (χ2n) is 5.44. The van der Waals surface area contributed by atoms with Gasteiger partial charge in [0.15, 0.2) is 5.78 Å². The number of carbonyl (C=O) groups excluding carboxylic acids is 1. The molecule has 0 bridgehead atoms. The number of nitro benzene ring substituents is 1. The average Bonchev–Trinajstić information content (AvgIpc) is 2.65. The number of hydrogen-bond donors (Lipinski definition) is 0. The molecule has 5 nitrogen and oxygen atoms in total. The number of ether oxygens (including phenoxy) is 1. The van der Waals surface area contributed by atoms with Crippen molar-refractivity contribution in [1.29, 1.82) is 0 Å². The Bertz CT molecular complexity index is 992. The Kier molecular flexibility index (Phi) is 4.57. The van der Waals surface area contributed by atoms with Gasteiger partial charge in [-0.05, 0) is 47.2 Å². The van der Waals surface area contributed by atoms with Gasteiger partial charge in [-0.1, -0.05) is 30.3 Å². The molecule has 0 amide bonds. The van der Waals surface area contributed by atoms with Gasteiger partial charge in [-0.2, -0.15) is 0 Å². The summed E-state index contributed by atoms with van der Waals surface area (Å²) in [6.07, 6.45) is 2.83. The maximum Gasteiger partial charge on any atom is 0.276 e. The van der Waals surface area contributed by atoms with Crippen LogP contribution < -0.4 is 4.74 Å². The molecular weight excluding hydrogens is 318 g/mol. The summed E-state index contributed by atoms with van der Waals surface area (Å²) in [5.41, 5.74) is 0.885. The Labute approximate surface area is 144 Å². The van der Waals surface area contributed by atoms with Crippen LogP contribution in [0.2, 0.25) is 0 Å². The number of benzene rings is 3. The van der Waals surface area contributed by atoms with Gasteiger partial charge in [-0.15, -0.1) is 0 Å². The van der Waals surface area contributed by atoms with Crippen LogP contribution in [0, 0.1) is 10.1 Å². The van der Waals surface area contributed by atoms with E-state index in [9.17, 15) is 14.9 Å². The van der Waals surface area contributed by atoms with Crippen molar-refractivity contribution < 1.29 is 14.5 Å². The molecule has 0 aliphatic carbocycles. The first kappa shape index (κ1) is 16.4. The van der Waals surface area contributed by atoms with Gasteiger partial charge < -0.3 is 4.74 Å². The molecule has 5 heteroatoms. The smallest absolute Gasteiger partial charge is 0.276 e. The third kappa shape index (κ3) is 3.55. The number of allylic oxidation sites excluding steroid dienone is 1. The first-order valence-corrected chi connectivity index (χ1v) is 7.62. The first-order valence-electron chi connectivity index (χ1n) is 7.62. The van der Waals surface area contributed by atoms with Crippen LogP contribution in [0.5, 0.6) is 5.75 Å². The van der Waals surface area contributed by atoms with Crippen LogP contribution in [0.25, 0.3) is 16.8 Å². The van der Waals surface area contributed by atoms with E-state index >= 15 is 0 Å². The highest BCUT2D eigenvalue weighted by Gasteiger charge is 2.10. The minimum atomic E-state index is -0.465. The molecule has 0 aliphatic rings. The summed E-state index contributed by atoms with van der Waals surface area (Å²) in [6, 6.07) is 17.3. The Morgan fingerprint density at radius 2 is 1.76 bits per heavy atom. The molecule has 0 heterocycles. The molecule has 25 heavy (non-hydrogen) atoms. The number of rotatable bonds is 5. The van der Waals surface area contributed by atoms with E-state index in [4.69, 9.17) is 4.74 Å². The van der Waals surface area contributed by atoms with Crippen LogP contribution in [0.4, 0.5) is 5.69 Å². The van der Waals surface area contributed by atoms with E-state index in [2.05, 4.69) is 0 Å². The summed E-state index contributed by atoms with van der Waals surface area (Å²) in [5.74, 6) is 0.540. The van der Waals surface area contributed by atoms with Crippen LogP contribution in [-0.4, -0.2) is 17.8 Å². The quantitative estimate of drug-likeness (QED) is 0.295. The molecular formula is C20H15NO4. The highest BCUT2D eigenvalue weighted by molar-refractivity contribution is 6.08. The highest BCUT2D eigenvalue weighted by atomic mass is 16.6. The minimum Gasteiger partial charge on any atom is -0.497 e. The summed E-state index contributed by atoms with van der Waals surface area (Å²) >= 11 is 0. The van der Waals surface area contributed by atoms with Crippen LogP contribution >= 0.6 is 0 Å². The Balaban J connectivity index is 1.88. The standard InChI is InChI=1S/C20H15NO4/c1-25-18-10-8-15-12-17(7-6-16(15)13-18)20(22)11-9-14-4-2-3-5-19(14)21(23)24/h2-13H,1H3/b11-9+. The van der Waals surface area contributed by atoms with Gasteiger partial charge in [0.05, 0.1) is 17.6 Å². The molecule has 0 fully saturated rings. The molecule has 3 aromatic carbocycles. The fourth-order valence-corrected chi connectivity index (χ4v) is 2.56. The second-order valence-corrected chi connectivity index (χ2v) is 5.44. The predicted octanol–water partition coefficient (Wildman–Crippen LogP) is 4.65. The summed E-state index contributed by atoms with van der Waals surface area (Å²) < 4.78 is 5.18. The fourth-order valence-electron chi connectivity index (χ4n) is 2.56. The lowest BCUT2D eigenvalue weighted by Crippen LogP contribution is -1.95. The highest BCUT2D eigenvalue weighted by Crippen LogP contribution is 2.23. The van der Waals surface area contributed by atoms with E-state index in [1.807, 2.05) is 24.3 Å². The van der Waals surface area contributed by atoms with E-state index in [0.29, 0.717) is 11.1 Å². The van der Waals surface area contributed by atoms with Crippen LogP contribution in [0.3, 0.4) is 0 Å². The van der Waals surface area contributed by atoms with E-state index in [-0.39, 0.29) is 11.5 Å². The first-order chi connectivity index (χ1) is 12.1. The molecule has 0 atom stereocenters. The van der Waals surface area contributed by atoms with Gasteiger partial charge >= 0.3 is 0 Å². The monoisotopic (exact) mass is 333 g/mol. The molecule has 0 spiro atoms. The number of nitro groups is 1. The van der Waals surface area contributed by atoms with Gasteiger partial charge in [0.1, 0.15) is 5.75 Å². The number of hydrogen-bond acceptors (Lipinski definition) is 4. The zero-order valence-electron chi connectivity index (χ0n) is 13.5. The second kappa shape index (κ2) is 6.97. The summed E-state index contributed by atoms with van der Waals surface area (Å²) in [6.45, 7) is 0. The van der Waals surface area contributed by atoms with Gasteiger partial charge in [0.2, 0.25) is 0 Å². The van der Waals surface area contributed by atoms with Crippen molar-refractivity contribution in [3.05, 3.63) is 88.0 Å². The van der Waals surface area contributed by atoms with E-state index in [0.717, 1.165) is 16.5 Å². The van der Waals surface area contributed by atoms with Crippen molar-refractivity contribution in [2.24, 2.45) is 0 Å². The van der Waals surface area contributed by atoms with Crippen LogP contribution in [-0.2, 0) is 0 Å². The maximum absolute atomic E-state index is 12.4. The van der Waals surface area contributed by atoms with E-state index in [1.165, 1.54) is 18.2 Å². The molecule has 0 N–H and O–H groups in total. The van der Waals surface area contributed by atoms with Gasteiger partial charge in [-0.25, -0.2) is 0 Å². The molecule has 0 saturated heterocycles. The van der Waals surface area contributed by atoms with Gasteiger partial charge in [-0.3, -0.25) is 14.9 Å². The molecule has 3 rings (SSSR count). The summed E-state index contributed by atoms with van der Waals surface area (Å²) in [5, 5.41) is 12.9. The third-order valence-electron chi connectivity index (χ3n) is 3.88. The van der Waals surface area contributed by atoms with Crippen molar-refractivity contribution in [1.82, 2.24) is 0 Å². The number of nitrogens with zero attached hydrogens (tertiary/aromatic N) is 1. The third-order valence-corrected chi connectivity index (χ3v) is 3.88. The van der Waals surface area contributed by atoms with E-state index < -0.39 is 4.92 Å². The Hall–Kier alpha value is -3.47. The Morgan fingerprint density at radius 1 is 1.04 bits per heavy atom. The molecule has 0 saturated carbocycles. The van der Waals surface area contributed by atoms with Crippen LogP contribution in [0.1, 0.15) is 15.9 Å². The number of ketones is 1. The number of fused-ring (bicyclic) bond motifs is 1. The topological polar surface area (TPSA) is 69.4 Å². The number of carbonyl (C=O) groups is 1. The fraction of sp³-hybridized carbons (Fsp3) is 0.0500. The van der Waals surface area contributed by atoms with E-state index in [1.54, 1.807) is 37.4 Å². The van der Waals surface area contributed by atoms with Crippen molar-refractivity contribution in [2.75, 3.05) is 7.11 Å². The van der Waals surface area contributed by atoms with Crippen molar-refractivity contribution in [3.8, 4) is 5.75 Å². The lowest BCUT2D eigenvalue weighted by Gasteiger charge is -2.04. The SMILES string of the molecule is COc1ccc2cc(C(=O)/C=C/c3ccccc3[N+](=O)[O-])ccc2c1. The summed E-state index contributed by atoms with van der Waals surface area (Å²) in [4.78, 5) is 22.9. The molecule has 0 aliphatic heterocycles. The molecule has 0 radical (unpaired) electrons. The summed E-state index contributed by atoms with van der Waals surface area (Å²) in [7, 11) is 1.60. The van der Waals surface area contributed by atoms with Crippen molar-refractivity contribution >= 4 is 28.3 Å². The molecule has 124 valence electrons. The van der Waals surface area contributed by atoms with Crippen LogP contribution in [0.15, 0.2) is 66.7 Å². The molecule has 0 aromatic heterocycles. The molecule has 0 unspecified atom stereocenters. The number of para-hydroxylation sites is 1. The number of methoxy groups -OCH3 is 1. The normalized spacial score (nSPS) is 10.9. The van der Waals surface area contributed by atoms with Gasteiger partial charge in [0.25, 0.3) is 5.69 Å². The lowest BCUT2D eigenvalue weighted by atomic mass is 10.0. The minimum absolute atomic E-state index is 0.0304. The van der Waals surface area contributed by atoms with Crippen molar-refractivity contribution in [3.63, 3.8) is 0 Å². The van der Waals surface area contributed by atoms with Crippen molar-refractivity contribution in [2.45, 2.75) is 0 Å². The zero-order chi connectivity index (χ0) is 17.8. The zero-order valence-corrected chi connectivity index (χ0v) is 13.5. The largest absolute Gasteiger partial charge is 0.497 e. The Morgan fingerprint density at radius 3 is 2.52 bits per heavy atom. The lowest BCUT2D eigenvalue weighted by molar-refractivity contribution is -0.385.